The van der Waals surface area contributed by atoms with Crippen molar-refractivity contribution in [1.82, 2.24) is 20.4 Å². The van der Waals surface area contributed by atoms with Gasteiger partial charge >= 0.3 is 0 Å². The maximum Gasteiger partial charge on any atom is 0.269 e. The summed E-state index contributed by atoms with van der Waals surface area (Å²) in [6.45, 7) is 8.74. The van der Waals surface area contributed by atoms with Crippen LogP contribution in [0.2, 0.25) is 0 Å². The van der Waals surface area contributed by atoms with Crippen LogP contribution in [0.3, 0.4) is 0 Å². The maximum absolute atomic E-state index is 12.4. The predicted molar refractivity (Wildman–Crippen MR) is 101 cm³/mol. The van der Waals surface area contributed by atoms with E-state index in [1.54, 1.807) is 36.4 Å². The average Bonchev–Trinajstić information content (AvgIpc) is 2.99. The van der Waals surface area contributed by atoms with Crippen molar-refractivity contribution in [2.45, 2.75) is 20.4 Å². The van der Waals surface area contributed by atoms with E-state index in [0.29, 0.717) is 16.8 Å². The number of nitrogens with one attached hydrogen (secondary N) is 2. The third-order valence-corrected chi connectivity index (χ3v) is 4.21. The number of hydrogen-bond donors (Lipinski definition) is 2. The molecule has 26 heavy (non-hydrogen) atoms. The van der Waals surface area contributed by atoms with E-state index in [0.717, 1.165) is 29.0 Å². The van der Waals surface area contributed by atoms with Crippen molar-refractivity contribution in [1.29, 1.82) is 5.26 Å². The molecule has 1 heterocycles. The Kier molecular flexibility index (Phi) is 4.72. The first kappa shape index (κ1) is 17.2. The van der Waals surface area contributed by atoms with E-state index < -0.39 is 0 Å². The molecule has 0 saturated heterocycles. The second-order valence-electron chi connectivity index (χ2n) is 5.85. The maximum atomic E-state index is 12.4. The van der Waals surface area contributed by atoms with Gasteiger partial charge in [-0.2, -0.15) is 5.26 Å². The van der Waals surface area contributed by atoms with E-state index in [-0.39, 0.29) is 5.91 Å². The monoisotopic (exact) mass is 345 g/mol. The quantitative estimate of drug-likeness (QED) is 0.696. The molecule has 0 aliphatic carbocycles. The zero-order valence-electron chi connectivity index (χ0n) is 14.7. The minimum Gasteiger partial charge on any atom is -0.329 e. The number of carbonyl (C=O) groups excluding carboxylic acids is 1. The van der Waals surface area contributed by atoms with Crippen molar-refractivity contribution < 1.29 is 4.79 Å². The molecule has 1 amide bonds. The first-order valence-corrected chi connectivity index (χ1v) is 8.26. The number of aromatic nitrogens is 2. The molecule has 1 aromatic heterocycles. The summed E-state index contributed by atoms with van der Waals surface area (Å²) in [5, 5.41) is 8.83. The number of nitrogens with zero attached hydrogens (tertiary/aromatic N) is 3. The molecule has 130 valence electrons. The summed E-state index contributed by atoms with van der Waals surface area (Å²) in [6, 6.07) is 14.5. The first-order valence-electron chi connectivity index (χ1n) is 8.26. The highest BCUT2D eigenvalue weighted by Crippen LogP contribution is 2.18. The van der Waals surface area contributed by atoms with Gasteiger partial charge in [0.05, 0.1) is 28.4 Å². The Morgan fingerprint density at radius 2 is 1.88 bits per heavy atom. The van der Waals surface area contributed by atoms with Crippen LogP contribution in [0.15, 0.2) is 49.0 Å². The molecule has 3 aromatic rings. The van der Waals surface area contributed by atoms with E-state index in [1.807, 2.05) is 13.0 Å². The van der Waals surface area contributed by atoms with Gasteiger partial charge in [-0.25, -0.2) is 4.98 Å². The molecule has 0 fully saturated rings. The molecule has 0 radical (unpaired) electrons. The summed E-state index contributed by atoms with van der Waals surface area (Å²) in [7, 11) is 0. The van der Waals surface area contributed by atoms with E-state index in [4.69, 9.17) is 5.26 Å². The van der Waals surface area contributed by atoms with Crippen molar-refractivity contribution in [2.24, 2.45) is 0 Å². The van der Waals surface area contributed by atoms with Gasteiger partial charge in [-0.1, -0.05) is 18.7 Å². The molecule has 2 aromatic carbocycles. The molecule has 0 saturated carbocycles. The molecule has 0 aliphatic heterocycles. The first-order chi connectivity index (χ1) is 12.5. The van der Waals surface area contributed by atoms with Crippen molar-refractivity contribution in [3.05, 3.63) is 71.6 Å². The van der Waals surface area contributed by atoms with Crippen LogP contribution in [0.5, 0.6) is 0 Å². The minimum atomic E-state index is -0.273. The molecule has 3 rings (SSSR count). The molecular formula is C20H19N5O. The fourth-order valence-corrected chi connectivity index (χ4v) is 2.81. The number of hydrogen-bond acceptors (Lipinski definition) is 4. The lowest BCUT2D eigenvalue weighted by Gasteiger charge is -2.11. The SMILES string of the molecule is C=C(NNC(=O)c1ccc2c(c1)nc(C)n2CC)c1ccc(C#N)cc1. The van der Waals surface area contributed by atoms with E-state index in [2.05, 4.69) is 40.0 Å². The number of rotatable bonds is 5. The fourth-order valence-electron chi connectivity index (χ4n) is 2.81. The van der Waals surface area contributed by atoms with Crippen LogP contribution in [0.25, 0.3) is 16.7 Å². The Morgan fingerprint density at radius 3 is 2.54 bits per heavy atom. The third-order valence-electron chi connectivity index (χ3n) is 4.21. The highest BCUT2D eigenvalue weighted by Gasteiger charge is 2.11. The smallest absolute Gasteiger partial charge is 0.269 e. The summed E-state index contributed by atoms with van der Waals surface area (Å²) in [5.41, 5.74) is 9.66. The van der Waals surface area contributed by atoms with Gasteiger partial charge < -0.3 is 4.57 Å². The molecular weight excluding hydrogens is 326 g/mol. The van der Waals surface area contributed by atoms with Crippen LogP contribution < -0.4 is 10.9 Å². The van der Waals surface area contributed by atoms with Crippen molar-refractivity contribution >= 4 is 22.6 Å². The standard InChI is InChI=1S/C20H19N5O/c1-4-25-14(3)22-18-11-17(9-10-19(18)25)20(26)24-23-13(2)16-7-5-15(12-21)6-8-16/h5-11,23H,2,4H2,1,3H3,(H,24,26). The summed E-state index contributed by atoms with van der Waals surface area (Å²) >= 11 is 0. The molecule has 6 heteroatoms. The van der Waals surface area contributed by atoms with Gasteiger partial charge in [0.15, 0.2) is 0 Å². The highest BCUT2D eigenvalue weighted by molar-refractivity contribution is 5.97. The van der Waals surface area contributed by atoms with Crippen LogP contribution in [0.4, 0.5) is 0 Å². The molecule has 0 atom stereocenters. The number of amides is 1. The minimum absolute atomic E-state index is 0.273. The van der Waals surface area contributed by atoms with Crippen LogP contribution >= 0.6 is 0 Å². The number of imidazole rings is 1. The van der Waals surface area contributed by atoms with Crippen molar-refractivity contribution in [2.75, 3.05) is 0 Å². The normalized spacial score (nSPS) is 10.3. The third kappa shape index (κ3) is 3.28. The van der Waals surface area contributed by atoms with Gasteiger partial charge in [0.25, 0.3) is 5.91 Å². The van der Waals surface area contributed by atoms with Gasteiger partial charge in [0, 0.05) is 12.1 Å². The van der Waals surface area contributed by atoms with Crippen LogP contribution in [-0.4, -0.2) is 15.5 Å². The summed E-state index contributed by atoms with van der Waals surface area (Å²) in [5.74, 6) is 0.651. The Labute approximate surface area is 151 Å². The second kappa shape index (κ2) is 7.11. The second-order valence-corrected chi connectivity index (χ2v) is 5.85. The van der Waals surface area contributed by atoms with Crippen LogP contribution in [-0.2, 0) is 6.54 Å². The van der Waals surface area contributed by atoms with Gasteiger partial charge in [0.1, 0.15) is 5.82 Å². The summed E-state index contributed by atoms with van der Waals surface area (Å²) in [4.78, 5) is 16.9. The lowest BCUT2D eigenvalue weighted by molar-refractivity contribution is 0.0942. The van der Waals surface area contributed by atoms with Gasteiger partial charge in [-0.3, -0.25) is 15.6 Å². The zero-order valence-corrected chi connectivity index (χ0v) is 14.7. The molecule has 0 unspecified atom stereocenters. The van der Waals surface area contributed by atoms with E-state index in [1.165, 1.54) is 0 Å². The van der Waals surface area contributed by atoms with Gasteiger partial charge in [0.2, 0.25) is 0 Å². The van der Waals surface area contributed by atoms with Crippen LogP contribution in [0.1, 0.15) is 34.2 Å². The van der Waals surface area contributed by atoms with Crippen molar-refractivity contribution in [3.63, 3.8) is 0 Å². The molecule has 6 nitrogen and oxygen atoms in total. The van der Waals surface area contributed by atoms with Gasteiger partial charge in [-0.05, 0) is 49.7 Å². The number of fused-ring (bicyclic) bond motifs is 1. The lowest BCUT2D eigenvalue weighted by atomic mass is 10.1. The molecule has 0 spiro atoms. The molecule has 2 N–H and O–H groups in total. The van der Waals surface area contributed by atoms with Crippen molar-refractivity contribution in [3.8, 4) is 6.07 Å². The number of nitriles is 1. The predicted octanol–water partition coefficient (Wildman–Crippen LogP) is 3.14. The van der Waals surface area contributed by atoms with E-state index >= 15 is 0 Å². The summed E-state index contributed by atoms with van der Waals surface area (Å²) < 4.78 is 2.10. The Hall–Kier alpha value is -3.59. The number of carbonyl (C=O) groups is 1. The summed E-state index contributed by atoms with van der Waals surface area (Å²) in [6.07, 6.45) is 0. The lowest BCUT2D eigenvalue weighted by Crippen LogP contribution is -2.35. The van der Waals surface area contributed by atoms with E-state index in [9.17, 15) is 4.79 Å². The highest BCUT2D eigenvalue weighted by atomic mass is 16.2. The average molecular weight is 345 g/mol. The van der Waals surface area contributed by atoms with Crippen LogP contribution in [0, 0.1) is 18.3 Å². The largest absolute Gasteiger partial charge is 0.329 e. The molecule has 0 bridgehead atoms. The Morgan fingerprint density at radius 1 is 1.19 bits per heavy atom. The van der Waals surface area contributed by atoms with Gasteiger partial charge in [-0.15, -0.1) is 0 Å². The Balaban J connectivity index is 1.70. The Bertz CT molecular complexity index is 1020. The number of hydrazine groups is 1. The zero-order chi connectivity index (χ0) is 18.7. The number of aryl methyl sites for hydroxylation is 2. The number of benzene rings is 2. The fraction of sp³-hybridized carbons (Fsp3) is 0.150. The molecule has 0 aliphatic rings. The topological polar surface area (TPSA) is 82.7 Å².